The van der Waals surface area contributed by atoms with Crippen LogP contribution in [-0.2, 0) is 6.54 Å². The number of rotatable bonds is 5. The molecule has 1 aliphatic heterocycles. The van der Waals surface area contributed by atoms with Crippen LogP contribution in [0.5, 0.6) is 0 Å². The maximum Gasteiger partial charge on any atom is 0.249 e. The van der Waals surface area contributed by atoms with Gasteiger partial charge in [0.1, 0.15) is 5.37 Å². The van der Waals surface area contributed by atoms with Gasteiger partial charge in [-0.3, -0.25) is 4.79 Å². The number of benzene rings is 3. The number of amides is 1. The first-order valence-electron chi connectivity index (χ1n) is 9.50. The standard InChI is InChI=1S/C24H23N3OS/c1-16-22(20-9-5-6-10-21(20)23(26)28)29-24(18-7-3-2-4-8-18)27(16)19-13-11-17(15-25)12-14-19/h2-14,24H,15,25H2,1H3,(H2,26,28). The Bertz CT molecular complexity index is 1060. The molecule has 146 valence electrons. The van der Waals surface area contributed by atoms with Gasteiger partial charge in [-0.05, 0) is 36.2 Å². The zero-order valence-corrected chi connectivity index (χ0v) is 17.0. The highest BCUT2D eigenvalue weighted by molar-refractivity contribution is 8.09. The highest BCUT2D eigenvalue weighted by Gasteiger charge is 2.34. The van der Waals surface area contributed by atoms with Crippen molar-refractivity contribution in [2.24, 2.45) is 11.5 Å². The maximum atomic E-state index is 12.0. The number of nitrogens with two attached hydrogens (primary N) is 2. The lowest BCUT2D eigenvalue weighted by Gasteiger charge is -2.28. The molecule has 1 heterocycles. The van der Waals surface area contributed by atoms with Crippen LogP contribution in [-0.4, -0.2) is 5.91 Å². The van der Waals surface area contributed by atoms with Crippen molar-refractivity contribution in [1.29, 1.82) is 0 Å². The van der Waals surface area contributed by atoms with Crippen molar-refractivity contribution in [3.05, 3.63) is 107 Å². The Morgan fingerprint density at radius 3 is 2.28 bits per heavy atom. The third-order valence-electron chi connectivity index (χ3n) is 5.13. The van der Waals surface area contributed by atoms with Crippen LogP contribution in [0.3, 0.4) is 0 Å². The second-order valence-electron chi connectivity index (χ2n) is 6.95. The first-order chi connectivity index (χ1) is 14.1. The Labute approximate surface area is 175 Å². The van der Waals surface area contributed by atoms with E-state index in [1.54, 1.807) is 17.8 Å². The van der Waals surface area contributed by atoms with E-state index in [1.165, 1.54) is 5.56 Å². The molecule has 0 spiro atoms. The van der Waals surface area contributed by atoms with Gasteiger partial charge in [0.25, 0.3) is 0 Å². The monoisotopic (exact) mass is 401 g/mol. The molecule has 1 amide bonds. The van der Waals surface area contributed by atoms with E-state index in [4.69, 9.17) is 11.5 Å². The molecule has 0 saturated carbocycles. The normalized spacial score (nSPS) is 16.3. The van der Waals surface area contributed by atoms with Crippen LogP contribution < -0.4 is 16.4 Å². The number of hydrogen-bond donors (Lipinski definition) is 2. The summed E-state index contributed by atoms with van der Waals surface area (Å²) in [5.41, 5.74) is 17.3. The van der Waals surface area contributed by atoms with Crippen molar-refractivity contribution in [1.82, 2.24) is 0 Å². The highest BCUT2D eigenvalue weighted by Crippen LogP contribution is 2.53. The van der Waals surface area contributed by atoms with Gasteiger partial charge in [-0.1, -0.05) is 72.4 Å². The van der Waals surface area contributed by atoms with Crippen LogP contribution in [0.4, 0.5) is 5.69 Å². The van der Waals surface area contributed by atoms with Crippen molar-refractivity contribution in [3.63, 3.8) is 0 Å². The van der Waals surface area contributed by atoms with E-state index in [2.05, 4.69) is 60.4 Å². The molecule has 1 unspecified atom stereocenters. The first-order valence-corrected chi connectivity index (χ1v) is 10.4. The average Bonchev–Trinajstić information content (AvgIpc) is 3.11. The van der Waals surface area contributed by atoms with E-state index in [1.807, 2.05) is 24.3 Å². The first kappa shape index (κ1) is 19.3. The Morgan fingerprint density at radius 2 is 1.62 bits per heavy atom. The van der Waals surface area contributed by atoms with Gasteiger partial charge in [0, 0.05) is 34.0 Å². The Morgan fingerprint density at radius 1 is 0.966 bits per heavy atom. The molecule has 3 aromatic rings. The molecule has 4 N–H and O–H groups in total. The predicted octanol–water partition coefficient (Wildman–Crippen LogP) is 4.88. The molecule has 0 aromatic heterocycles. The molecule has 1 aliphatic rings. The molecule has 1 atom stereocenters. The largest absolute Gasteiger partial charge is 0.366 e. The second kappa shape index (κ2) is 8.15. The summed E-state index contributed by atoms with van der Waals surface area (Å²) in [7, 11) is 0. The molecule has 0 bridgehead atoms. The minimum atomic E-state index is -0.413. The molecule has 0 saturated heterocycles. The number of thioether (sulfide) groups is 1. The Balaban J connectivity index is 1.85. The van der Waals surface area contributed by atoms with Crippen LogP contribution in [0, 0.1) is 0 Å². The lowest BCUT2D eigenvalue weighted by atomic mass is 10.0. The zero-order valence-electron chi connectivity index (χ0n) is 16.2. The Kier molecular flexibility index (Phi) is 5.43. The predicted molar refractivity (Wildman–Crippen MR) is 121 cm³/mol. The van der Waals surface area contributed by atoms with Crippen molar-refractivity contribution in [2.75, 3.05) is 4.90 Å². The lowest BCUT2D eigenvalue weighted by Crippen LogP contribution is -2.21. The molecule has 4 nitrogen and oxygen atoms in total. The third-order valence-corrected chi connectivity index (χ3v) is 6.58. The smallest absolute Gasteiger partial charge is 0.249 e. The molecule has 0 radical (unpaired) electrons. The van der Waals surface area contributed by atoms with Gasteiger partial charge < -0.3 is 16.4 Å². The molecule has 0 aliphatic carbocycles. The van der Waals surface area contributed by atoms with E-state index >= 15 is 0 Å². The third kappa shape index (κ3) is 3.67. The summed E-state index contributed by atoms with van der Waals surface area (Å²) in [4.78, 5) is 15.4. The molecular formula is C24H23N3OS. The van der Waals surface area contributed by atoms with Gasteiger partial charge in [0.05, 0.1) is 0 Å². The van der Waals surface area contributed by atoms with Gasteiger partial charge in [-0.25, -0.2) is 0 Å². The van der Waals surface area contributed by atoms with Crippen molar-refractivity contribution < 1.29 is 4.79 Å². The molecule has 3 aromatic carbocycles. The fourth-order valence-corrected chi connectivity index (χ4v) is 5.12. The number of primary amides is 1. The van der Waals surface area contributed by atoms with Crippen LogP contribution in [0.25, 0.3) is 4.91 Å². The minimum absolute atomic E-state index is 0.0656. The summed E-state index contributed by atoms with van der Waals surface area (Å²) in [5.74, 6) is -0.413. The zero-order chi connectivity index (χ0) is 20.4. The van der Waals surface area contributed by atoms with E-state index in [-0.39, 0.29) is 5.37 Å². The maximum absolute atomic E-state index is 12.0. The summed E-state index contributed by atoms with van der Waals surface area (Å²) < 4.78 is 0. The van der Waals surface area contributed by atoms with Crippen LogP contribution in [0.1, 0.15) is 39.3 Å². The highest BCUT2D eigenvalue weighted by atomic mass is 32.2. The number of allylic oxidation sites excluding steroid dienone is 1. The number of hydrogen-bond acceptors (Lipinski definition) is 4. The van der Waals surface area contributed by atoms with Gasteiger partial charge in [0.15, 0.2) is 0 Å². The van der Waals surface area contributed by atoms with Crippen LogP contribution >= 0.6 is 11.8 Å². The summed E-state index contributed by atoms with van der Waals surface area (Å²) in [6.45, 7) is 2.61. The average molecular weight is 402 g/mol. The van der Waals surface area contributed by atoms with E-state index in [0.717, 1.165) is 27.4 Å². The number of carbonyl (C=O) groups is 1. The fourth-order valence-electron chi connectivity index (χ4n) is 3.65. The molecule has 5 heteroatoms. The minimum Gasteiger partial charge on any atom is -0.366 e. The quantitative estimate of drug-likeness (QED) is 0.639. The number of carbonyl (C=O) groups excluding carboxylic acids is 1. The number of nitrogens with zero attached hydrogens (tertiary/aromatic N) is 1. The fraction of sp³-hybridized carbons (Fsp3) is 0.125. The van der Waals surface area contributed by atoms with Gasteiger partial charge in [-0.15, -0.1) is 0 Å². The van der Waals surface area contributed by atoms with Crippen LogP contribution in [0.15, 0.2) is 84.6 Å². The molecular weight excluding hydrogens is 378 g/mol. The summed E-state index contributed by atoms with van der Waals surface area (Å²) in [6, 6.07) is 26.3. The van der Waals surface area contributed by atoms with Gasteiger partial charge >= 0.3 is 0 Å². The number of anilines is 1. The van der Waals surface area contributed by atoms with E-state index in [0.29, 0.717) is 12.1 Å². The van der Waals surface area contributed by atoms with Gasteiger partial charge in [0.2, 0.25) is 5.91 Å². The Hall–Kier alpha value is -3.02. The van der Waals surface area contributed by atoms with Crippen molar-refractivity contribution >= 4 is 28.3 Å². The molecule has 0 fully saturated rings. The summed E-state index contributed by atoms with van der Waals surface area (Å²) >= 11 is 1.74. The lowest BCUT2D eigenvalue weighted by molar-refractivity contribution is 0.1000. The molecule has 29 heavy (non-hydrogen) atoms. The van der Waals surface area contributed by atoms with E-state index < -0.39 is 5.91 Å². The summed E-state index contributed by atoms with van der Waals surface area (Å²) in [6.07, 6.45) is 0. The topological polar surface area (TPSA) is 72.4 Å². The molecule has 4 rings (SSSR count). The second-order valence-corrected chi connectivity index (χ2v) is 8.04. The SMILES string of the molecule is CC1=C(c2ccccc2C(N)=O)SC(c2ccccc2)N1c1ccc(CN)cc1. The summed E-state index contributed by atoms with van der Waals surface area (Å²) in [5, 5.41) is 0.0656. The van der Waals surface area contributed by atoms with Crippen molar-refractivity contribution in [3.8, 4) is 0 Å². The van der Waals surface area contributed by atoms with Crippen molar-refractivity contribution in [2.45, 2.75) is 18.8 Å². The van der Waals surface area contributed by atoms with Gasteiger partial charge in [-0.2, -0.15) is 0 Å². The van der Waals surface area contributed by atoms with E-state index in [9.17, 15) is 4.79 Å². The van der Waals surface area contributed by atoms with Crippen LogP contribution in [0.2, 0.25) is 0 Å².